The van der Waals surface area contributed by atoms with Crippen molar-refractivity contribution in [2.24, 2.45) is 0 Å². The summed E-state index contributed by atoms with van der Waals surface area (Å²) in [7, 11) is 0.771. The first-order chi connectivity index (χ1) is 2.81. The van der Waals surface area contributed by atoms with Gasteiger partial charge >= 0.3 is 0 Å². The number of halogens is 1. The molecule has 0 heterocycles. The van der Waals surface area contributed by atoms with Crippen LogP contribution in [0.5, 0.6) is 0 Å². The van der Waals surface area contributed by atoms with E-state index >= 15 is 0 Å². The van der Waals surface area contributed by atoms with Crippen molar-refractivity contribution in [2.75, 3.05) is 13.8 Å². The maximum absolute atomic E-state index is 9.64. The van der Waals surface area contributed by atoms with E-state index in [1.807, 2.05) is 0 Å². The van der Waals surface area contributed by atoms with Gasteiger partial charge in [-0.05, 0) is 6.66 Å². The molecule has 0 amide bonds. The maximum atomic E-state index is 9.64. The van der Waals surface area contributed by atoms with Crippen LogP contribution >= 0.6 is 25.1 Å². The standard InChI is InChI=1S/C3H7O2P.BrH/c1-5-6(2)3-4;/h3H,1-2H3;1H. The third-order valence-electron chi connectivity index (χ3n) is 0.436. The summed E-state index contributed by atoms with van der Waals surface area (Å²) >= 11 is 0. The molecule has 2 nitrogen and oxygen atoms in total. The molecular formula is C3H8BrO2P. The minimum atomic E-state index is -0.757. The van der Waals surface area contributed by atoms with Crippen molar-refractivity contribution >= 4 is 31.2 Å². The molecule has 0 fully saturated rings. The molecule has 0 N–H and O–H groups in total. The van der Waals surface area contributed by atoms with Crippen LogP contribution in [0.25, 0.3) is 0 Å². The molecule has 0 saturated carbocycles. The lowest BCUT2D eigenvalue weighted by atomic mass is 11.8. The summed E-state index contributed by atoms with van der Waals surface area (Å²) < 4.78 is 4.60. The number of hydrogen-bond donors (Lipinski definition) is 0. The molecule has 7 heavy (non-hydrogen) atoms. The Morgan fingerprint density at radius 3 is 2.14 bits per heavy atom. The van der Waals surface area contributed by atoms with Gasteiger partial charge in [-0.15, -0.1) is 17.0 Å². The van der Waals surface area contributed by atoms with Crippen LogP contribution in [0.1, 0.15) is 0 Å². The van der Waals surface area contributed by atoms with Crippen LogP contribution in [-0.2, 0) is 9.32 Å². The fourth-order valence-electron chi connectivity index (χ4n) is 0.0430. The summed E-state index contributed by atoms with van der Waals surface area (Å²) in [6.07, 6.45) is 0. The van der Waals surface area contributed by atoms with E-state index in [0.717, 1.165) is 6.03 Å². The first kappa shape index (κ1) is 10.5. The smallest absolute Gasteiger partial charge is 0.168 e. The van der Waals surface area contributed by atoms with E-state index in [2.05, 4.69) is 4.52 Å². The topological polar surface area (TPSA) is 26.3 Å². The Kier molecular flexibility index (Phi) is 9.82. The molecule has 0 aromatic rings. The second-order valence-electron chi connectivity index (χ2n) is 0.834. The van der Waals surface area contributed by atoms with Gasteiger partial charge in [0, 0.05) is 7.11 Å². The predicted molar refractivity (Wildman–Crippen MR) is 36.9 cm³/mol. The number of carbonyl (C=O) groups excluding carboxylic acids is 1. The molecule has 0 radical (unpaired) electrons. The zero-order chi connectivity index (χ0) is 4.99. The van der Waals surface area contributed by atoms with E-state index in [1.165, 1.54) is 7.11 Å². The van der Waals surface area contributed by atoms with E-state index in [0.29, 0.717) is 0 Å². The van der Waals surface area contributed by atoms with Crippen LogP contribution in [0.4, 0.5) is 0 Å². The van der Waals surface area contributed by atoms with E-state index in [9.17, 15) is 4.79 Å². The maximum Gasteiger partial charge on any atom is 0.168 e. The van der Waals surface area contributed by atoms with E-state index < -0.39 is 8.15 Å². The van der Waals surface area contributed by atoms with Gasteiger partial charge in [0.15, 0.2) is 6.03 Å². The van der Waals surface area contributed by atoms with Gasteiger partial charge in [-0.25, -0.2) is 0 Å². The summed E-state index contributed by atoms with van der Waals surface area (Å²) in [4.78, 5) is 9.64. The van der Waals surface area contributed by atoms with Crippen LogP contribution in [-0.4, -0.2) is 19.8 Å². The average molecular weight is 187 g/mol. The van der Waals surface area contributed by atoms with Crippen molar-refractivity contribution in [3.05, 3.63) is 0 Å². The SMILES string of the molecule is Br.COP(C)C=O. The lowest BCUT2D eigenvalue weighted by molar-refractivity contribution is 0.468. The van der Waals surface area contributed by atoms with E-state index in [1.54, 1.807) is 6.66 Å². The van der Waals surface area contributed by atoms with E-state index in [4.69, 9.17) is 0 Å². The zero-order valence-corrected chi connectivity index (χ0v) is 6.86. The lowest BCUT2D eigenvalue weighted by Gasteiger charge is -1.93. The van der Waals surface area contributed by atoms with Crippen LogP contribution in [0.15, 0.2) is 0 Å². The van der Waals surface area contributed by atoms with Crippen molar-refractivity contribution in [3.63, 3.8) is 0 Å². The molecule has 44 valence electrons. The minimum Gasteiger partial charge on any atom is -0.355 e. The van der Waals surface area contributed by atoms with E-state index in [-0.39, 0.29) is 17.0 Å². The highest BCUT2D eigenvalue weighted by molar-refractivity contribution is 8.93. The molecular weight excluding hydrogens is 179 g/mol. The van der Waals surface area contributed by atoms with Gasteiger partial charge in [0.05, 0.1) is 8.15 Å². The fraction of sp³-hybridized carbons (Fsp3) is 0.667. The molecule has 0 aliphatic heterocycles. The molecule has 0 rings (SSSR count). The van der Waals surface area contributed by atoms with Crippen molar-refractivity contribution in [1.29, 1.82) is 0 Å². The summed E-state index contributed by atoms with van der Waals surface area (Å²) in [5.41, 5.74) is 0. The lowest BCUT2D eigenvalue weighted by Crippen LogP contribution is -1.71. The molecule has 1 atom stereocenters. The Morgan fingerprint density at radius 2 is 2.14 bits per heavy atom. The van der Waals surface area contributed by atoms with Crippen LogP contribution in [0.2, 0.25) is 0 Å². The van der Waals surface area contributed by atoms with Gasteiger partial charge in [0.2, 0.25) is 0 Å². The molecule has 0 spiro atoms. The molecule has 0 saturated heterocycles. The number of carbonyl (C=O) groups is 1. The molecule has 0 aliphatic carbocycles. The van der Waals surface area contributed by atoms with Crippen molar-refractivity contribution in [1.82, 2.24) is 0 Å². The molecule has 0 aromatic heterocycles. The first-order valence-corrected chi connectivity index (χ1v) is 3.31. The third-order valence-corrected chi connectivity index (χ3v) is 1.31. The second kappa shape index (κ2) is 6.54. The van der Waals surface area contributed by atoms with Crippen LogP contribution in [0, 0.1) is 0 Å². The van der Waals surface area contributed by atoms with Crippen molar-refractivity contribution in [2.45, 2.75) is 0 Å². The largest absolute Gasteiger partial charge is 0.355 e. The normalized spacial score (nSPS) is 11.7. The summed E-state index contributed by atoms with van der Waals surface area (Å²) in [5, 5.41) is 0. The first-order valence-electron chi connectivity index (χ1n) is 1.53. The molecule has 0 bridgehead atoms. The summed E-state index contributed by atoms with van der Waals surface area (Å²) in [5.74, 6) is 0. The molecule has 0 aliphatic rings. The minimum absolute atomic E-state index is 0. The zero-order valence-electron chi connectivity index (χ0n) is 4.25. The Hall–Kier alpha value is 0.540. The predicted octanol–water partition coefficient (Wildman–Crippen LogP) is 1.43. The molecule has 0 aromatic carbocycles. The summed E-state index contributed by atoms with van der Waals surface area (Å²) in [6.45, 7) is 1.75. The number of hydrogen-bond acceptors (Lipinski definition) is 2. The van der Waals surface area contributed by atoms with Gasteiger partial charge in [-0.3, -0.25) is 4.79 Å². The van der Waals surface area contributed by atoms with Gasteiger partial charge < -0.3 is 4.52 Å². The Labute approximate surface area is 54.8 Å². The number of rotatable bonds is 2. The van der Waals surface area contributed by atoms with Gasteiger partial charge in [-0.1, -0.05) is 0 Å². The summed E-state index contributed by atoms with van der Waals surface area (Å²) in [6, 6.07) is 0.815. The van der Waals surface area contributed by atoms with Crippen LogP contribution < -0.4 is 0 Å². The van der Waals surface area contributed by atoms with Gasteiger partial charge in [-0.2, -0.15) is 0 Å². The van der Waals surface area contributed by atoms with Gasteiger partial charge in [0.25, 0.3) is 0 Å². The van der Waals surface area contributed by atoms with Crippen molar-refractivity contribution < 1.29 is 9.32 Å². The quantitative estimate of drug-likeness (QED) is 0.482. The monoisotopic (exact) mass is 186 g/mol. The highest BCUT2D eigenvalue weighted by Gasteiger charge is 1.88. The Balaban J connectivity index is 0. The highest BCUT2D eigenvalue weighted by Crippen LogP contribution is 2.24. The fourth-order valence-corrected chi connectivity index (χ4v) is 0.129. The third kappa shape index (κ3) is 6.54. The Bertz CT molecular complexity index is 50.2. The Morgan fingerprint density at radius 1 is 1.71 bits per heavy atom. The van der Waals surface area contributed by atoms with Crippen molar-refractivity contribution in [3.8, 4) is 0 Å². The van der Waals surface area contributed by atoms with Crippen LogP contribution in [0.3, 0.4) is 0 Å². The highest BCUT2D eigenvalue weighted by atomic mass is 79.9. The molecule has 4 heteroatoms. The average Bonchev–Trinajstić information content (AvgIpc) is 1.65. The molecule has 1 unspecified atom stereocenters. The second-order valence-corrected chi connectivity index (χ2v) is 2.50. The van der Waals surface area contributed by atoms with Gasteiger partial charge in [0.1, 0.15) is 0 Å².